The summed E-state index contributed by atoms with van der Waals surface area (Å²) in [5.41, 5.74) is 9.16. The van der Waals surface area contributed by atoms with E-state index in [0.717, 1.165) is 73.9 Å². The van der Waals surface area contributed by atoms with Gasteiger partial charge in [-0.05, 0) is 83.1 Å². The van der Waals surface area contributed by atoms with Crippen LogP contribution in [0.25, 0.3) is 0 Å². The average molecular weight is 452 g/mol. The van der Waals surface area contributed by atoms with Crippen LogP contribution < -0.4 is 15.4 Å². The summed E-state index contributed by atoms with van der Waals surface area (Å²) in [5.74, 6) is 1.66. The van der Waals surface area contributed by atoms with Crippen LogP contribution in [0.4, 0.5) is 16.2 Å². The summed E-state index contributed by atoms with van der Waals surface area (Å²) < 4.78 is 11.8. The lowest BCUT2D eigenvalue weighted by molar-refractivity contribution is 0.00817. The number of nitrogens with two attached hydrogens (primary N) is 1. The summed E-state index contributed by atoms with van der Waals surface area (Å²) in [4.78, 5) is 16.8. The molecular weight excluding hydrogens is 414 g/mol. The predicted octanol–water partition coefficient (Wildman–Crippen LogP) is 5.99. The highest BCUT2D eigenvalue weighted by molar-refractivity contribution is 5.75. The molecule has 6 heteroatoms. The normalized spacial score (nSPS) is 18.3. The Bertz CT molecular complexity index is 976. The Labute approximate surface area is 197 Å². The minimum Gasteiger partial charge on any atom is -0.457 e. The van der Waals surface area contributed by atoms with E-state index in [0.29, 0.717) is 0 Å². The van der Waals surface area contributed by atoms with Gasteiger partial charge in [-0.15, -0.1) is 0 Å². The van der Waals surface area contributed by atoms with E-state index in [2.05, 4.69) is 11.8 Å². The fourth-order valence-electron chi connectivity index (χ4n) is 5.15. The molecule has 1 amide bonds. The molecule has 6 nitrogen and oxygen atoms in total. The molecule has 2 aliphatic rings. The van der Waals surface area contributed by atoms with E-state index in [4.69, 9.17) is 15.2 Å². The Morgan fingerprint density at radius 1 is 1.00 bits per heavy atom. The molecule has 0 bridgehead atoms. The minimum atomic E-state index is -0.463. The van der Waals surface area contributed by atoms with Crippen LogP contribution in [-0.4, -0.2) is 42.8 Å². The van der Waals surface area contributed by atoms with E-state index < -0.39 is 5.60 Å². The van der Waals surface area contributed by atoms with E-state index in [1.165, 1.54) is 6.42 Å². The summed E-state index contributed by atoms with van der Waals surface area (Å²) in [7, 11) is 0. The number of anilines is 2. The van der Waals surface area contributed by atoms with E-state index in [1.54, 1.807) is 0 Å². The highest BCUT2D eigenvalue weighted by Gasteiger charge is 2.40. The largest absolute Gasteiger partial charge is 0.457 e. The van der Waals surface area contributed by atoms with Crippen LogP contribution in [0.1, 0.15) is 52.0 Å². The van der Waals surface area contributed by atoms with Crippen LogP contribution in [0.15, 0.2) is 42.5 Å². The second-order valence-electron chi connectivity index (χ2n) is 10.5. The molecule has 0 unspecified atom stereocenters. The third-order valence-corrected chi connectivity index (χ3v) is 6.84. The maximum absolute atomic E-state index is 12.5. The average Bonchev–Trinajstić information content (AvgIpc) is 2.76. The molecule has 0 atom stereocenters. The molecule has 0 saturated carbocycles. The first-order chi connectivity index (χ1) is 15.7. The predicted molar refractivity (Wildman–Crippen MR) is 133 cm³/mol. The number of ether oxygens (including phenoxy) is 2. The highest BCUT2D eigenvalue weighted by atomic mass is 16.6. The van der Waals surface area contributed by atoms with Gasteiger partial charge in [0, 0.05) is 31.7 Å². The van der Waals surface area contributed by atoms with Crippen LogP contribution in [-0.2, 0) is 4.74 Å². The fraction of sp³-hybridized carbons (Fsp3) is 0.519. The smallest absolute Gasteiger partial charge is 0.410 e. The molecule has 2 saturated heterocycles. The number of nitrogens with zero attached hydrogens (tertiary/aromatic N) is 2. The van der Waals surface area contributed by atoms with Gasteiger partial charge in [-0.2, -0.15) is 0 Å². The third kappa shape index (κ3) is 5.37. The zero-order valence-corrected chi connectivity index (χ0v) is 20.4. The van der Waals surface area contributed by atoms with Crippen molar-refractivity contribution in [1.29, 1.82) is 0 Å². The Morgan fingerprint density at radius 3 is 2.36 bits per heavy atom. The van der Waals surface area contributed by atoms with Gasteiger partial charge in [0.25, 0.3) is 0 Å². The first-order valence-electron chi connectivity index (χ1n) is 12.0. The molecule has 4 rings (SSSR count). The summed E-state index contributed by atoms with van der Waals surface area (Å²) in [5, 5.41) is 0. The summed E-state index contributed by atoms with van der Waals surface area (Å²) >= 11 is 0. The van der Waals surface area contributed by atoms with Gasteiger partial charge in [-0.25, -0.2) is 4.79 Å². The Hall–Kier alpha value is -2.89. The number of para-hydroxylation sites is 1. The maximum Gasteiger partial charge on any atom is 0.410 e. The SMILES string of the molecule is Cc1c(Oc2ccccc2)ccc(N)c1N1CCCC2(CCN(C(=O)OC(C)(C)C)CC2)C1. The number of hydrogen-bond donors (Lipinski definition) is 1. The second kappa shape index (κ2) is 9.16. The van der Waals surface area contributed by atoms with Crippen molar-refractivity contribution in [3.05, 3.63) is 48.0 Å². The molecule has 0 aromatic heterocycles. The molecule has 2 aromatic carbocycles. The number of benzene rings is 2. The maximum atomic E-state index is 12.5. The van der Waals surface area contributed by atoms with Crippen LogP contribution in [0.3, 0.4) is 0 Å². The van der Waals surface area contributed by atoms with Crippen LogP contribution in [0, 0.1) is 12.3 Å². The number of rotatable bonds is 3. The van der Waals surface area contributed by atoms with E-state index >= 15 is 0 Å². The van der Waals surface area contributed by atoms with Crippen LogP contribution in [0.5, 0.6) is 11.5 Å². The first kappa shape index (κ1) is 23.3. The van der Waals surface area contributed by atoms with Crippen molar-refractivity contribution in [1.82, 2.24) is 4.90 Å². The Balaban J connectivity index is 1.48. The zero-order valence-electron chi connectivity index (χ0n) is 20.4. The molecule has 0 radical (unpaired) electrons. The lowest BCUT2D eigenvalue weighted by atomic mass is 9.72. The molecule has 2 heterocycles. The summed E-state index contributed by atoms with van der Waals surface area (Å²) in [6.45, 7) is 11.3. The Morgan fingerprint density at radius 2 is 1.70 bits per heavy atom. The topological polar surface area (TPSA) is 68.0 Å². The number of carbonyl (C=O) groups excluding carboxylic acids is 1. The van der Waals surface area contributed by atoms with Gasteiger partial charge in [-0.1, -0.05) is 18.2 Å². The molecule has 0 aliphatic carbocycles. The number of carbonyl (C=O) groups is 1. The van der Waals surface area contributed by atoms with Gasteiger partial charge in [0.2, 0.25) is 0 Å². The molecular formula is C27H37N3O3. The van der Waals surface area contributed by atoms with Crippen molar-refractivity contribution in [2.24, 2.45) is 5.41 Å². The summed E-state index contributed by atoms with van der Waals surface area (Å²) in [6, 6.07) is 13.8. The highest BCUT2D eigenvalue weighted by Crippen LogP contribution is 2.44. The van der Waals surface area contributed by atoms with Crippen molar-refractivity contribution in [3.63, 3.8) is 0 Å². The molecule has 2 fully saturated rings. The third-order valence-electron chi connectivity index (χ3n) is 6.84. The van der Waals surface area contributed by atoms with Gasteiger partial charge in [-0.3, -0.25) is 0 Å². The van der Waals surface area contributed by atoms with Crippen LogP contribution in [0.2, 0.25) is 0 Å². The van der Waals surface area contributed by atoms with Gasteiger partial charge in [0.05, 0.1) is 11.4 Å². The van der Waals surface area contributed by atoms with E-state index in [1.807, 2.05) is 68.1 Å². The van der Waals surface area contributed by atoms with Gasteiger partial charge in [0.1, 0.15) is 17.1 Å². The number of likely N-dealkylation sites (tertiary alicyclic amines) is 1. The molecule has 178 valence electrons. The van der Waals surface area contributed by atoms with Crippen molar-refractivity contribution >= 4 is 17.5 Å². The monoisotopic (exact) mass is 451 g/mol. The van der Waals surface area contributed by atoms with Crippen molar-refractivity contribution in [2.45, 2.75) is 59.0 Å². The zero-order chi connectivity index (χ0) is 23.6. The molecule has 1 spiro atoms. The quantitative estimate of drug-likeness (QED) is 0.581. The van der Waals surface area contributed by atoms with E-state index in [9.17, 15) is 4.79 Å². The molecule has 2 aromatic rings. The first-order valence-corrected chi connectivity index (χ1v) is 12.0. The summed E-state index contributed by atoms with van der Waals surface area (Å²) in [6.07, 6.45) is 4.08. The van der Waals surface area contributed by atoms with Crippen molar-refractivity contribution in [2.75, 3.05) is 36.8 Å². The lowest BCUT2D eigenvalue weighted by Gasteiger charge is -2.48. The van der Waals surface area contributed by atoms with Gasteiger partial charge in [0.15, 0.2) is 0 Å². The van der Waals surface area contributed by atoms with Crippen molar-refractivity contribution < 1.29 is 14.3 Å². The van der Waals surface area contributed by atoms with E-state index in [-0.39, 0.29) is 11.5 Å². The second-order valence-corrected chi connectivity index (χ2v) is 10.5. The molecule has 2 N–H and O–H groups in total. The molecule has 33 heavy (non-hydrogen) atoms. The van der Waals surface area contributed by atoms with Gasteiger partial charge < -0.3 is 25.0 Å². The standard InChI is InChI=1S/C27H37N3O3/c1-20-23(32-21-9-6-5-7-10-21)12-11-22(28)24(20)30-16-8-13-27(19-30)14-17-29(18-15-27)25(31)33-26(2,3)4/h5-7,9-12H,8,13-19,28H2,1-4H3. The van der Waals surface area contributed by atoms with Crippen molar-refractivity contribution in [3.8, 4) is 11.5 Å². The number of piperidine rings is 2. The lowest BCUT2D eigenvalue weighted by Crippen LogP contribution is -2.51. The number of amides is 1. The molecule has 2 aliphatic heterocycles. The minimum absolute atomic E-state index is 0.198. The number of nitrogen functional groups attached to an aromatic ring is 1. The van der Waals surface area contributed by atoms with Gasteiger partial charge >= 0.3 is 6.09 Å². The number of hydrogen-bond acceptors (Lipinski definition) is 5. The Kier molecular flexibility index (Phi) is 6.46. The van der Waals surface area contributed by atoms with Crippen LogP contribution >= 0.6 is 0 Å². The fourth-order valence-corrected chi connectivity index (χ4v) is 5.15.